The van der Waals surface area contributed by atoms with Crippen molar-refractivity contribution in [2.45, 2.75) is 23.9 Å². The summed E-state index contributed by atoms with van der Waals surface area (Å²) >= 11 is 0. The molecular weight excluding hydrogens is 425 g/mol. The van der Waals surface area contributed by atoms with Gasteiger partial charge in [0.05, 0.1) is 11.8 Å². The van der Waals surface area contributed by atoms with Crippen molar-refractivity contribution in [2.24, 2.45) is 0 Å². The molecule has 33 heavy (non-hydrogen) atoms. The number of aromatic nitrogens is 1. The van der Waals surface area contributed by atoms with Gasteiger partial charge in [-0.2, -0.15) is 18.2 Å². The van der Waals surface area contributed by atoms with Gasteiger partial charge in [0.2, 0.25) is 0 Å². The number of nitrogens with two attached hydrogens (primary N) is 1. The highest BCUT2D eigenvalue weighted by molar-refractivity contribution is 5.66. The number of nitrogens with zero attached hydrogens (tertiary/aromatic N) is 1. The molecule has 2 unspecified atom stereocenters. The first-order chi connectivity index (χ1) is 15.9. The van der Waals surface area contributed by atoms with Gasteiger partial charge in [-0.3, -0.25) is 0 Å². The summed E-state index contributed by atoms with van der Waals surface area (Å²) in [4.78, 5) is 4.27. The normalized spacial score (nSPS) is 19.9. The lowest BCUT2D eigenvalue weighted by atomic mass is 9.61. The molecule has 0 spiro atoms. The number of rotatable bonds is 4. The van der Waals surface area contributed by atoms with Gasteiger partial charge in [-0.15, -0.1) is 0 Å². The van der Waals surface area contributed by atoms with E-state index in [1.807, 2.05) is 54.6 Å². The Labute approximate surface area is 189 Å². The summed E-state index contributed by atoms with van der Waals surface area (Å²) in [7, 11) is 0. The minimum Gasteiger partial charge on any atom is -0.424 e. The zero-order valence-electron chi connectivity index (χ0n) is 17.6. The fourth-order valence-electron chi connectivity index (χ4n) is 4.85. The number of halogens is 3. The van der Waals surface area contributed by atoms with Crippen molar-refractivity contribution in [3.05, 3.63) is 114 Å². The van der Waals surface area contributed by atoms with Crippen LogP contribution < -0.4 is 5.73 Å². The standard InChI is InChI=1S/C27H21F3N2O/c28-27(29,30)17-26(21-9-5-2-6-10-21)22(15-16-23-24(26)32-25(31)33-23)20-13-11-19(12-14-20)18-7-3-1-4-8-18/h1-16,22H,17H2,(H2,31,32). The van der Waals surface area contributed by atoms with Gasteiger partial charge < -0.3 is 10.2 Å². The van der Waals surface area contributed by atoms with E-state index in [0.717, 1.165) is 16.7 Å². The van der Waals surface area contributed by atoms with E-state index in [0.29, 0.717) is 5.56 Å². The molecule has 1 heterocycles. The third-order valence-electron chi connectivity index (χ3n) is 6.21. The number of alkyl halides is 3. The number of hydrogen-bond acceptors (Lipinski definition) is 3. The van der Waals surface area contributed by atoms with E-state index in [4.69, 9.17) is 10.2 Å². The number of allylic oxidation sites excluding steroid dienone is 1. The first-order valence-electron chi connectivity index (χ1n) is 10.6. The van der Waals surface area contributed by atoms with Gasteiger partial charge in [0.25, 0.3) is 6.01 Å². The Balaban J connectivity index is 1.70. The summed E-state index contributed by atoms with van der Waals surface area (Å²) in [5.41, 5.74) is 7.79. The molecule has 5 rings (SSSR count). The first kappa shape index (κ1) is 21.1. The zero-order chi connectivity index (χ0) is 23.1. The van der Waals surface area contributed by atoms with Crippen LogP contribution in [0.2, 0.25) is 0 Å². The summed E-state index contributed by atoms with van der Waals surface area (Å²) in [6.45, 7) is 0. The molecule has 3 aromatic carbocycles. The van der Waals surface area contributed by atoms with E-state index in [1.165, 1.54) is 0 Å². The molecule has 0 fully saturated rings. The predicted octanol–water partition coefficient (Wildman–Crippen LogP) is 6.97. The van der Waals surface area contributed by atoms with E-state index in [1.54, 1.807) is 42.5 Å². The molecule has 0 bridgehead atoms. The van der Waals surface area contributed by atoms with Crippen LogP contribution in [0, 0.1) is 0 Å². The SMILES string of the molecule is Nc1nc2c(o1)C=CC(c1ccc(-c3ccccc3)cc1)C2(CC(F)(F)F)c1ccccc1. The van der Waals surface area contributed by atoms with Crippen LogP contribution in [0.3, 0.4) is 0 Å². The predicted molar refractivity (Wildman–Crippen MR) is 122 cm³/mol. The van der Waals surface area contributed by atoms with Crippen LogP contribution in [-0.2, 0) is 5.41 Å². The van der Waals surface area contributed by atoms with Crippen molar-refractivity contribution in [1.82, 2.24) is 4.98 Å². The largest absolute Gasteiger partial charge is 0.424 e. The van der Waals surface area contributed by atoms with Gasteiger partial charge in [0.1, 0.15) is 5.69 Å². The molecule has 1 aromatic heterocycles. The number of fused-ring (bicyclic) bond motifs is 1. The molecule has 0 saturated carbocycles. The Morgan fingerprint density at radius 2 is 1.45 bits per heavy atom. The van der Waals surface area contributed by atoms with Crippen LogP contribution in [-0.4, -0.2) is 11.2 Å². The summed E-state index contributed by atoms with van der Waals surface area (Å²) in [5.74, 6) is -0.360. The molecule has 4 aromatic rings. The van der Waals surface area contributed by atoms with E-state index in [-0.39, 0.29) is 17.5 Å². The molecule has 0 radical (unpaired) electrons. The van der Waals surface area contributed by atoms with Crippen LogP contribution in [0.1, 0.15) is 34.9 Å². The molecule has 0 amide bonds. The van der Waals surface area contributed by atoms with Gasteiger partial charge >= 0.3 is 6.18 Å². The third kappa shape index (κ3) is 3.82. The molecule has 1 aliphatic carbocycles. The van der Waals surface area contributed by atoms with Crippen molar-refractivity contribution < 1.29 is 17.6 Å². The van der Waals surface area contributed by atoms with Crippen LogP contribution in [0.15, 0.2) is 95.4 Å². The summed E-state index contributed by atoms with van der Waals surface area (Å²) in [6.07, 6.45) is -2.11. The third-order valence-corrected chi connectivity index (χ3v) is 6.21. The summed E-state index contributed by atoms with van der Waals surface area (Å²) in [6, 6.07) is 26.0. The second-order valence-electron chi connectivity index (χ2n) is 8.22. The lowest BCUT2D eigenvalue weighted by Crippen LogP contribution is -2.41. The van der Waals surface area contributed by atoms with Gasteiger partial charge in [0, 0.05) is 5.92 Å². The summed E-state index contributed by atoms with van der Waals surface area (Å²) < 4.78 is 47.9. The maximum absolute atomic E-state index is 14.1. The van der Waals surface area contributed by atoms with Crippen molar-refractivity contribution in [1.29, 1.82) is 0 Å². The average molecular weight is 446 g/mol. The number of anilines is 1. The van der Waals surface area contributed by atoms with E-state index in [9.17, 15) is 13.2 Å². The maximum atomic E-state index is 14.1. The van der Waals surface area contributed by atoms with Gasteiger partial charge in [-0.05, 0) is 28.3 Å². The van der Waals surface area contributed by atoms with E-state index in [2.05, 4.69) is 4.98 Å². The highest BCUT2D eigenvalue weighted by atomic mass is 19.4. The molecule has 166 valence electrons. The van der Waals surface area contributed by atoms with Crippen molar-refractivity contribution in [3.8, 4) is 11.1 Å². The van der Waals surface area contributed by atoms with Crippen LogP contribution in [0.25, 0.3) is 17.2 Å². The van der Waals surface area contributed by atoms with Crippen molar-refractivity contribution in [3.63, 3.8) is 0 Å². The summed E-state index contributed by atoms with van der Waals surface area (Å²) in [5, 5.41) is 0. The fraction of sp³-hybridized carbons (Fsp3) is 0.148. The smallest absolute Gasteiger partial charge is 0.390 e. The lowest BCUT2D eigenvalue weighted by Gasteiger charge is -2.41. The Hall–Kier alpha value is -3.80. The molecule has 2 N–H and O–H groups in total. The first-order valence-corrected chi connectivity index (χ1v) is 10.6. The van der Waals surface area contributed by atoms with E-state index >= 15 is 0 Å². The number of oxazole rings is 1. The Morgan fingerprint density at radius 3 is 2.09 bits per heavy atom. The molecule has 3 nitrogen and oxygen atoms in total. The topological polar surface area (TPSA) is 52.0 Å². The zero-order valence-corrected chi connectivity index (χ0v) is 17.6. The van der Waals surface area contributed by atoms with Gasteiger partial charge in [-0.25, -0.2) is 0 Å². The Kier molecular flexibility index (Phi) is 5.08. The monoisotopic (exact) mass is 446 g/mol. The van der Waals surface area contributed by atoms with Crippen LogP contribution >= 0.6 is 0 Å². The minimum atomic E-state index is -4.45. The van der Waals surface area contributed by atoms with Crippen molar-refractivity contribution in [2.75, 3.05) is 5.73 Å². The Bertz CT molecular complexity index is 1280. The van der Waals surface area contributed by atoms with Gasteiger partial charge in [-0.1, -0.05) is 91.0 Å². The van der Waals surface area contributed by atoms with Gasteiger partial charge in [0.15, 0.2) is 5.76 Å². The number of nitrogen functional groups attached to an aromatic ring is 1. The lowest BCUT2D eigenvalue weighted by molar-refractivity contribution is -0.146. The quantitative estimate of drug-likeness (QED) is 0.368. The molecule has 2 atom stereocenters. The van der Waals surface area contributed by atoms with Crippen molar-refractivity contribution >= 4 is 12.1 Å². The molecule has 1 aliphatic rings. The molecule has 6 heteroatoms. The average Bonchev–Trinajstić information content (AvgIpc) is 3.21. The van der Waals surface area contributed by atoms with Crippen LogP contribution in [0.5, 0.6) is 0 Å². The second-order valence-corrected chi connectivity index (χ2v) is 8.22. The Morgan fingerprint density at radius 1 is 0.848 bits per heavy atom. The second kappa shape index (κ2) is 7.96. The highest BCUT2D eigenvalue weighted by Crippen LogP contribution is 2.54. The molecule has 0 aliphatic heterocycles. The number of hydrogen-bond donors (Lipinski definition) is 1. The molecule has 0 saturated heterocycles. The highest BCUT2D eigenvalue weighted by Gasteiger charge is 2.53. The minimum absolute atomic E-state index is 0.146. The fourth-order valence-corrected chi connectivity index (χ4v) is 4.85. The van der Waals surface area contributed by atoms with E-state index < -0.39 is 23.9 Å². The molecular formula is C27H21F3N2O. The maximum Gasteiger partial charge on any atom is 0.390 e. The van der Waals surface area contributed by atoms with Crippen LogP contribution in [0.4, 0.5) is 19.2 Å². The number of benzene rings is 3.